The lowest BCUT2D eigenvalue weighted by Crippen LogP contribution is -2.36. The molecule has 0 aliphatic rings. The van der Waals surface area contributed by atoms with Crippen LogP contribution in [0.5, 0.6) is 0 Å². The molecule has 2 rings (SSSR count). The van der Waals surface area contributed by atoms with Crippen molar-refractivity contribution in [1.82, 2.24) is 15.5 Å². The maximum atomic E-state index is 5.55. The monoisotopic (exact) mass is 249 g/mol. The highest BCUT2D eigenvalue weighted by Gasteiger charge is 2.10. The van der Waals surface area contributed by atoms with Crippen LogP contribution in [0, 0.1) is 0 Å². The third kappa shape index (κ3) is 3.70. The topological polar surface area (TPSA) is 64.1 Å². The SMILES string of the molecule is CC(C)(C)NCCCc1nnc(-c2ccoc2)o1. The zero-order chi connectivity index (χ0) is 13.0. The van der Waals surface area contributed by atoms with E-state index in [0.29, 0.717) is 11.8 Å². The molecule has 18 heavy (non-hydrogen) atoms. The highest BCUT2D eigenvalue weighted by atomic mass is 16.4. The van der Waals surface area contributed by atoms with Crippen LogP contribution in [0.25, 0.3) is 11.5 Å². The molecule has 0 spiro atoms. The third-order valence-corrected chi connectivity index (χ3v) is 2.46. The largest absolute Gasteiger partial charge is 0.472 e. The minimum Gasteiger partial charge on any atom is -0.472 e. The van der Waals surface area contributed by atoms with Crippen molar-refractivity contribution in [3.05, 3.63) is 24.5 Å². The smallest absolute Gasteiger partial charge is 0.250 e. The number of aryl methyl sites for hydroxylation is 1. The van der Waals surface area contributed by atoms with Crippen LogP contribution in [0.4, 0.5) is 0 Å². The normalized spacial score (nSPS) is 11.9. The fourth-order valence-corrected chi connectivity index (χ4v) is 1.56. The maximum absolute atomic E-state index is 5.55. The van der Waals surface area contributed by atoms with Crippen LogP contribution < -0.4 is 5.32 Å². The van der Waals surface area contributed by atoms with Crippen LogP contribution in [0.1, 0.15) is 33.1 Å². The highest BCUT2D eigenvalue weighted by Crippen LogP contribution is 2.18. The van der Waals surface area contributed by atoms with E-state index < -0.39 is 0 Å². The molecule has 0 bridgehead atoms. The first kappa shape index (κ1) is 12.8. The van der Waals surface area contributed by atoms with Crippen LogP contribution in [-0.4, -0.2) is 22.3 Å². The van der Waals surface area contributed by atoms with Crippen molar-refractivity contribution >= 4 is 0 Å². The van der Waals surface area contributed by atoms with Gasteiger partial charge in [-0.2, -0.15) is 0 Å². The lowest BCUT2D eigenvalue weighted by atomic mass is 10.1. The molecule has 0 fully saturated rings. The minimum absolute atomic E-state index is 0.150. The summed E-state index contributed by atoms with van der Waals surface area (Å²) in [5.74, 6) is 1.18. The molecule has 0 saturated heterocycles. The molecular weight excluding hydrogens is 230 g/mol. The summed E-state index contributed by atoms with van der Waals surface area (Å²) >= 11 is 0. The molecule has 1 N–H and O–H groups in total. The first-order valence-corrected chi connectivity index (χ1v) is 6.14. The van der Waals surface area contributed by atoms with E-state index in [1.54, 1.807) is 18.6 Å². The molecule has 0 aliphatic carbocycles. The Bertz CT molecular complexity index is 469. The van der Waals surface area contributed by atoms with E-state index >= 15 is 0 Å². The molecule has 0 unspecified atom stereocenters. The number of nitrogens with zero attached hydrogens (tertiary/aromatic N) is 2. The summed E-state index contributed by atoms with van der Waals surface area (Å²) in [6, 6.07) is 1.80. The van der Waals surface area contributed by atoms with Crippen molar-refractivity contribution in [1.29, 1.82) is 0 Å². The summed E-state index contributed by atoms with van der Waals surface area (Å²) in [4.78, 5) is 0. The minimum atomic E-state index is 0.150. The molecule has 2 aromatic heterocycles. The molecule has 5 nitrogen and oxygen atoms in total. The van der Waals surface area contributed by atoms with Gasteiger partial charge in [0.15, 0.2) is 0 Å². The molecule has 0 radical (unpaired) electrons. The third-order valence-electron chi connectivity index (χ3n) is 2.46. The van der Waals surface area contributed by atoms with Crippen LogP contribution >= 0.6 is 0 Å². The molecule has 2 heterocycles. The number of aromatic nitrogens is 2. The number of nitrogens with one attached hydrogen (secondary N) is 1. The van der Waals surface area contributed by atoms with Gasteiger partial charge in [-0.25, -0.2) is 0 Å². The Morgan fingerprint density at radius 1 is 1.28 bits per heavy atom. The molecule has 0 atom stereocenters. The Morgan fingerprint density at radius 2 is 2.11 bits per heavy atom. The van der Waals surface area contributed by atoms with Gasteiger partial charge in [0.25, 0.3) is 5.89 Å². The number of furan rings is 1. The lowest BCUT2D eigenvalue weighted by molar-refractivity contribution is 0.412. The quantitative estimate of drug-likeness (QED) is 0.825. The van der Waals surface area contributed by atoms with Crippen LogP contribution in [0.2, 0.25) is 0 Å². The van der Waals surface area contributed by atoms with Crippen LogP contribution in [-0.2, 0) is 6.42 Å². The summed E-state index contributed by atoms with van der Waals surface area (Å²) in [7, 11) is 0. The Morgan fingerprint density at radius 3 is 2.78 bits per heavy atom. The van der Waals surface area contributed by atoms with E-state index in [4.69, 9.17) is 8.83 Å². The Labute approximate surface area is 107 Å². The molecule has 0 aromatic carbocycles. The highest BCUT2D eigenvalue weighted by molar-refractivity contribution is 5.49. The fourth-order valence-electron chi connectivity index (χ4n) is 1.56. The second-order valence-corrected chi connectivity index (χ2v) is 5.29. The van der Waals surface area contributed by atoms with Crippen LogP contribution in [0.3, 0.4) is 0 Å². The van der Waals surface area contributed by atoms with Gasteiger partial charge in [0.05, 0.1) is 11.8 Å². The Hall–Kier alpha value is -1.62. The maximum Gasteiger partial charge on any atom is 0.250 e. The van der Waals surface area contributed by atoms with E-state index in [0.717, 1.165) is 24.9 Å². The van der Waals surface area contributed by atoms with Crippen molar-refractivity contribution < 1.29 is 8.83 Å². The Kier molecular flexibility index (Phi) is 3.81. The van der Waals surface area contributed by atoms with Crippen molar-refractivity contribution in [3.63, 3.8) is 0 Å². The molecule has 5 heteroatoms. The van der Waals surface area contributed by atoms with E-state index in [2.05, 4.69) is 36.3 Å². The van der Waals surface area contributed by atoms with Gasteiger partial charge in [-0.05, 0) is 39.8 Å². The molecule has 98 valence electrons. The predicted molar refractivity (Wildman–Crippen MR) is 68.1 cm³/mol. The molecule has 2 aromatic rings. The van der Waals surface area contributed by atoms with Crippen molar-refractivity contribution in [2.75, 3.05) is 6.54 Å². The van der Waals surface area contributed by atoms with Crippen molar-refractivity contribution in [3.8, 4) is 11.5 Å². The van der Waals surface area contributed by atoms with Gasteiger partial charge in [0.2, 0.25) is 5.89 Å². The van der Waals surface area contributed by atoms with Gasteiger partial charge < -0.3 is 14.2 Å². The fraction of sp³-hybridized carbons (Fsp3) is 0.538. The zero-order valence-corrected chi connectivity index (χ0v) is 11.1. The van der Waals surface area contributed by atoms with Gasteiger partial charge in [-0.3, -0.25) is 0 Å². The van der Waals surface area contributed by atoms with E-state index in [9.17, 15) is 0 Å². The van der Waals surface area contributed by atoms with Crippen molar-refractivity contribution in [2.24, 2.45) is 0 Å². The molecule has 0 amide bonds. The van der Waals surface area contributed by atoms with E-state index in [1.807, 2.05) is 0 Å². The lowest BCUT2D eigenvalue weighted by Gasteiger charge is -2.19. The number of hydrogen-bond acceptors (Lipinski definition) is 5. The van der Waals surface area contributed by atoms with Gasteiger partial charge in [-0.1, -0.05) is 0 Å². The second kappa shape index (κ2) is 5.35. The van der Waals surface area contributed by atoms with E-state index in [1.165, 1.54) is 0 Å². The first-order chi connectivity index (χ1) is 8.54. The average molecular weight is 249 g/mol. The molecular formula is C13H19N3O2. The summed E-state index contributed by atoms with van der Waals surface area (Å²) in [5, 5.41) is 11.4. The number of hydrogen-bond donors (Lipinski definition) is 1. The van der Waals surface area contributed by atoms with Gasteiger partial charge in [0.1, 0.15) is 6.26 Å². The number of rotatable bonds is 5. The van der Waals surface area contributed by atoms with Gasteiger partial charge in [0, 0.05) is 12.0 Å². The standard InChI is InChI=1S/C13H19N3O2/c1-13(2,3)14-7-4-5-11-15-16-12(18-11)10-6-8-17-9-10/h6,8-9,14H,4-5,7H2,1-3H3. The van der Waals surface area contributed by atoms with Gasteiger partial charge in [-0.15, -0.1) is 10.2 Å². The molecule has 0 saturated carbocycles. The first-order valence-electron chi connectivity index (χ1n) is 6.14. The summed E-state index contributed by atoms with van der Waals surface area (Å²) in [5.41, 5.74) is 0.970. The summed E-state index contributed by atoms with van der Waals surface area (Å²) < 4.78 is 10.5. The second-order valence-electron chi connectivity index (χ2n) is 5.29. The average Bonchev–Trinajstić information content (AvgIpc) is 2.93. The predicted octanol–water partition coefficient (Wildman–Crippen LogP) is 2.65. The van der Waals surface area contributed by atoms with Crippen LogP contribution in [0.15, 0.2) is 27.4 Å². The van der Waals surface area contributed by atoms with E-state index in [-0.39, 0.29) is 5.54 Å². The summed E-state index contributed by atoms with van der Waals surface area (Å²) in [6.07, 6.45) is 4.95. The summed E-state index contributed by atoms with van der Waals surface area (Å²) in [6.45, 7) is 7.39. The van der Waals surface area contributed by atoms with Crippen molar-refractivity contribution in [2.45, 2.75) is 39.2 Å². The van der Waals surface area contributed by atoms with Gasteiger partial charge >= 0.3 is 0 Å². The Balaban J connectivity index is 1.81. The molecule has 0 aliphatic heterocycles. The zero-order valence-electron chi connectivity index (χ0n) is 11.1.